The van der Waals surface area contributed by atoms with Crippen molar-refractivity contribution in [3.05, 3.63) is 84.0 Å². The molecule has 1 aliphatic rings. The molecule has 1 N–H and O–H groups in total. The minimum absolute atomic E-state index is 0.0108. The third kappa shape index (κ3) is 5.23. The summed E-state index contributed by atoms with van der Waals surface area (Å²) in [7, 11) is 3.86. The molecule has 4 rings (SSSR count). The van der Waals surface area contributed by atoms with Crippen molar-refractivity contribution in [1.82, 2.24) is 4.57 Å². The molecule has 0 saturated heterocycles. The average Bonchev–Trinajstić information content (AvgIpc) is 3.33. The smallest absolute Gasteiger partial charge is 0.307 e. The Morgan fingerprint density at radius 1 is 1.14 bits per heavy atom. The first-order chi connectivity index (χ1) is 18.0. The second kappa shape index (κ2) is 11.3. The lowest BCUT2D eigenvalue weighted by atomic mass is 10.2. The van der Waals surface area contributed by atoms with Gasteiger partial charge in [0.2, 0.25) is 0 Å². The summed E-state index contributed by atoms with van der Waals surface area (Å²) in [6.07, 6.45) is 7.15. The van der Waals surface area contributed by atoms with Gasteiger partial charge in [-0.25, -0.2) is 9.13 Å². The number of carboxylic acid groups (broad SMARTS) is 1. The number of imidazole rings is 1. The second-order valence-electron chi connectivity index (χ2n) is 8.46. The Morgan fingerprint density at radius 2 is 1.86 bits per heavy atom. The fourth-order valence-corrected chi connectivity index (χ4v) is 4.54. The number of hydrogen-bond donors (Lipinski definition) is 1. The lowest BCUT2D eigenvalue weighted by Gasteiger charge is -2.22. The molecule has 1 aromatic heterocycles. The first-order valence-electron chi connectivity index (χ1n) is 11.8. The maximum atomic E-state index is 11.2. The number of allylic oxidation sites excluding steroid dienone is 4. The van der Waals surface area contributed by atoms with Crippen LogP contribution >= 0.6 is 0 Å². The van der Waals surface area contributed by atoms with E-state index >= 15 is 0 Å². The molecule has 1 aliphatic heterocycles. The Balaban J connectivity index is 1.67. The van der Waals surface area contributed by atoms with Crippen molar-refractivity contribution in [3.63, 3.8) is 0 Å². The zero-order valence-electron chi connectivity index (χ0n) is 20.7. The number of ether oxygens (including phenoxy) is 1. The number of carbonyl (C=O) groups excluding carboxylic acids is 1. The molecule has 2 heterocycles. The van der Waals surface area contributed by atoms with Crippen molar-refractivity contribution < 1.29 is 24.0 Å². The highest BCUT2D eigenvalue weighted by atomic mass is 16.5. The molecule has 0 fully saturated rings. The highest BCUT2D eigenvalue weighted by molar-refractivity contribution is 5.82. The van der Waals surface area contributed by atoms with Crippen LogP contribution in [0.1, 0.15) is 12.2 Å². The molecule has 0 unspecified atom stereocenters. The summed E-state index contributed by atoms with van der Waals surface area (Å²) in [5.41, 5.74) is 4.32. The van der Waals surface area contributed by atoms with Gasteiger partial charge < -0.3 is 19.6 Å². The van der Waals surface area contributed by atoms with E-state index in [0.29, 0.717) is 25.1 Å². The van der Waals surface area contributed by atoms with E-state index in [1.807, 2.05) is 93.7 Å². The number of aromatic nitrogens is 2. The number of aliphatic carboxylic acids is 1. The Kier molecular flexibility index (Phi) is 7.69. The van der Waals surface area contributed by atoms with E-state index in [-0.39, 0.29) is 13.0 Å². The van der Waals surface area contributed by atoms with Crippen LogP contribution in [0.4, 0.5) is 11.4 Å². The van der Waals surface area contributed by atoms with Gasteiger partial charge in [0, 0.05) is 13.1 Å². The zero-order chi connectivity index (χ0) is 26.4. The molecular formula is C28H28N5O4+. The number of hydrogen-bond acceptors (Lipinski definition) is 6. The van der Waals surface area contributed by atoms with Crippen LogP contribution in [0.2, 0.25) is 0 Å². The molecule has 0 spiro atoms. The van der Waals surface area contributed by atoms with Crippen molar-refractivity contribution in [2.45, 2.75) is 13.0 Å². The number of nitriles is 1. The Hall–Kier alpha value is -4.84. The first kappa shape index (κ1) is 25.3. The molecule has 2 aromatic carbocycles. The molecule has 9 nitrogen and oxygen atoms in total. The van der Waals surface area contributed by atoms with E-state index < -0.39 is 5.97 Å². The highest BCUT2D eigenvalue weighted by Crippen LogP contribution is 2.40. The molecule has 0 aliphatic carbocycles. The molecule has 9 heteroatoms. The van der Waals surface area contributed by atoms with Gasteiger partial charge in [-0.05, 0) is 42.5 Å². The summed E-state index contributed by atoms with van der Waals surface area (Å²) >= 11 is 0. The number of carbonyl (C=O) groups is 2. The van der Waals surface area contributed by atoms with Crippen LogP contribution < -0.4 is 14.4 Å². The van der Waals surface area contributed by atoms with Crippen molar-refractivity contribution >= 4 is 40.9 Å². The predicted molar refractivity (Wildman–Crippen MR) is 140 cm³/mol. The van der Waals surface area contributed by atoms with Crippen LogP contribution in [0, 0.1) is 11.3 Å². The van der Waals surface area contributed by atoms with E-state index in [4.69, 9.17) is 4.74 Å². The number of nitrogens with zero attached hydrogens (tertiary/aromatic N) is 5. The minimum atomic E-state index is -0.871. The number of benzene rings is 2. The number of carboxylic acids is 1. The van der Waals surface area contributed by atoms with E-state index in [1.54, 1.807) is 12.2 Å². The molecule has 0 atom stereocenters. The number of para-hydroxylation sites is 4. The van der Waals surface area contributed by atoms with Crippen LogP contribution in [-0.2, 0) is 27.9 Å². The van der Waals surface area contributed by atoms with E-state index in [9.17, 15) is 20.0 Å². The highest BCUT2D eigenvalue weighted by Gasteiger charge is 2.28. The molecule has 188 valence electrons. The molecule has 0 saturated carbocycles. The Morgan fingerprint density at radius 3 is 2.59 bits per heavy atom. The fourth-order valence-electron chi connectivity index (χ4n) is 4.54. The van der Waals surface area contributed by atoms with Gasteiger partial charge in [-0.2, -0.15) is 5.26 Å². The lowest BCUT2D eigenvalue weighted by molar-refractivity contribution is -0.672. The first-order valence-corrected chi connectivity index (χ1v) is 11.8. The van der Waals surface area contributed by atoms with Crippen molar-refractivity contribution in [1.29, 1.82) is 5.26 Å². The monoisotopic (exact) mass is 498 g/mol. The molecule has 0 bridgehead atoms. The molecular weight excluding hydrogens is 470 g/mol. The van der Waals surface area contributed by atoms with Crippen LogP contribution in [0.25, 0.3) is 17.1 Å². The second-order valence-corrected chi connectivity index (χ2v) is 8.46. The standard InChI is InChI=1S/C28H27N5O4/c1-30-22-7-3-5-9-24(22)32(16-15-28(35)36)26(30)13-11-21(19-29)12-14-27-31(2)23-8-4-6-10-25(23)33(27)17-18-37-20-34/h3-14,20H,15-18H2,1-2H3/p+1. The SMILES string of the molecule is CN1\C(=C/C=C(C#N)/C=C/c2n(C)c3ccccc3[n+]2CCC(=O)O)N(CCOC=O)c2ccccc21. The van der Waals surface area contributed by atoms with Gasteiger partial charge in [-0.15, -0.1) is 0 Å². The Labute approximate surface area is 215 Å². The lowest BCUT2D eigenvalue weighted by Crippen LogP contribution is -2.37. The topological polar surface area (TPSA) is 103 Å². The third-order valence-electron chi connectivity index (χ3n) is 6.31. The van der Waals surface area contributed by atoms with E-state index in [2.05, 4.69) is 6.07 Å². The normalized spacial score (nSPS) is 14.4. The maximum absolute atomic E-state index is 11.2. The zero-order valence-corrected chi connectivity index (χ0v) is 20.7. The average molecular weight is 499 g/mol. The van der Waals surface area contributed by atoms with Gasteiger partial charge >= 0.3 is 5.97 Å². The summed E-state index contributed by atoms with van der Waals surface area (Å²) in [5, 5.41) is 19.1. The molecule has 37 heavy (non-hydrogen) atoms. The number of aryl methyl sites for hydroxylation is 2. The maximum Gasteiger partial charge on any atom is 0.307 e. The summed E-state index contributed by atoms with van der Waals surface area (Å²) in [4.78, 5) is 25.9. The van der Waals surface area contributed by atoms with Gasteiger partial charge in [0.1, 0.15) is 19.0 Å². The summed E-state index contributed by atoms with van der Waals surface area (Å²) in [6.45, 7) is 1.45. The summed E-state index contributed by atoms with van der Waals surface area (Å²) in [5.74, 6) is 0.761. The van der Waals surface area contributed by atoms with Gasteiger partial charge in [0.25, 0.3) is 12.3 Å². The van der Waals surface area contributed by atoms with E-state index in [0.717, 1.165) is 34.1 Å². The van der Waals surface area contributed by atoms with Crippen LogP contribution in [0.15, 0.2) is 78.2 Å². The number of fused-ring (bicyclic) bond motifs is 2. The summed E-state index contributed by atoms with van der Waals surface area (Å²) in [6, 6.07) is 17.9. The van der Waals surface area contributed by atoms with E-state index in [1.165, 1.54) is 0 Å². The predicted octanol–water partition coefficient (Wildman–Crippen LogP) is 3.37. The number of anilines is 2. The van der Waals surface area contributed by atoms with Crippen LogP contribution in [0.3, 0.4) is 0 Å². The number of rotatable bonds is 10. The van der Waals surface area contributed by atoms with Gasteiger partial charge in [0.05, 0.1) is 43.0 Å². The van der Waals surface area contributed by atoms with Gasteiger partial charge in [-0.1, -0.05) is 24.3 Å². The molecule has 3 aromatic rings. The van der Waals surface area contributed by atoms with Crippen LogP contribution in [0.5, 0.6) is 0 Å². The quantitative estimate of drug-likeness (QED) is 0.150. The van der Waals surface area contributed by atoms with Crippen molar-refractivity contribution in [2.75, 3.05) is 30.0 Å². The molecule has 0 amide bonds. The van der Waals surface area contributed by atoms with Crippen molar-refractivity contribution in [3.8, 4) is 6.07 Å². The van der Waals surface area contributed by atoms with Gasteiger partial charge in [-0.3, -0.25) is 9.59 Å². The van der Waals surface area contributed by atoms with Crippen molar-refractivity contribution in [2.24, 2.45) is 7.05 Å². The third-order valence-corrected chi connectivity index (χ3v) is 6.31. The van der Waals surface area contributed by atoms with Gasteiger partial charge in [0.15, 0.2) is 11.0 Å². The molecule has 0 radical (unpaired) electrons. The largest absolute Gasteiger partial charge is 0.481 e. The van der Waals surface area contributed by atoms with Crippen LogP contribution in [-0.4, -0.2) is 42.3 Å². The summed E-state index contributed by atoms with van der Waals surface area (Å²) < 4.78 is 8.85. The fraction of sp³-hybridized carbons (Fsp3) is 0.214. The Bertz CT molecular complexity index is 1460. The minimum Gasteiger partial charge on any atom is -0.481 e.